The maximum absolute atomic E-state index is 11.6. The molecule has 1 aromatic carbocycles. The monoisotopic (exact) mass is 247 g/mol. The molecular formula is C14H20BO3. The molecule has 0 bridgehead atoms. The van der Waals surface area contributed by atoms with Crippen molar-refractivity contribution in [3.05, 3.63) is 29.8 Å². The van der Waals surface area contributed by atoms with Crippen LogP contribution in [0.15, 0.2) is 24.3 Å². The molecule has 0 heterocycles. The fourth-order valence-corrected chi connectivity index (χ4v) is 1.68. The van der Waals surface area contributed by atoms with Crippen molar-refractivity contribution in [2.24, 2.45) is 0 Å². The van der Waals surface area contributed by atoms with Gasteiger partial charge >= 0.3 is 5.97 Å². The first-order valence-corrected chi connectivity index (χ1v) is 6.41. The van der Waals surface area contributed by atoms with Crippen LogP contribution in [0.3, 0.4) is 0 Å². The minimum atomic E-state index is -0.522. The summed E-state index contributed by atoms with van der Waals surface area (Å²) >= 11 is 0. The van der Waals surface area contributed by atoms with Crippen molar-refractivity contribution in [3.63, 3.8) is 0 Å². The van der Waals surface area contributed by atoms with Crippen molar-refractivity contribution in [2.45, 2.75) is 39.5 Å². The van der Waals surface area contributed by atoms with Gasteiger partial charge in [-0.15, -0.1) is 0 Å². The Hall–Kier alpha value is -1.45. The van der Waals surface area contributed by atoms with E-state index in [2.05, 4.69) is 7.28 Å². The van der Waals surface area contributed by atoms with Crippen LogP contribution in [0.25, 0.3) is 0 Å². The lowest BCUT2D eigenvalue weighted by Crippen LogP contribution is -2.28. The summed E-state index contributed by atoms with van der Waals surface area (Å²) in [7, 11) is 2.09. The summed E-state index contributed by atoms with van der Waals surface area (Å²) in [6.07, 6.45) is 0.974. The third kappa shape index (κ3) is 4.44. The van der Waals surface area contributed by atoms with Gasteiger partial charge in [0.25, 0.3) is 0 Å². The Kier molecular flexibility index (Phi) is 6.33. The molecule has 0 fully saturated rings. The molecule has 3 nitrogen and oxygen atoms in total. The summed E-state index contributed by atoms with van der Waals surface area (Å²) in [6, 6.07) is 7.80. The summed E-state index contributed by atoms with van der Waals surface area (Å²) in [5.74, 6) is 0.418. The number of carbonyl (C=O) groups is 1. The standard InChI is InChI=1S/C14H20BO3/c1-4-13(14(16)17-5-2)18-12-8-6-7-11(9-12)10-15-3/h6-9,13H,4-5,10H2,1-3H3/t13-/m1/s1. The highest BCUT2D eigenvalue weighted by Crippen LogP contribution is 2.16. The van der Waals surface area contributed by atoms with Crippen LogP contribution in [0.5, 0.6) is 5.75 Å². The molecular weight excluding hydrogens is 227 g/mol. The van der Waals surface area contributed by atoms with Crippen LogP contribution in [-0.4, -0.2) is 26.0 Å². The second-order valence-electron chi connectivity index (χ2n) is 4.03. The summed E-state index contributed by atoms with van der Waals surface area (Å²) in [6.45, 7) is 6.10. The van der Waals surface area contributed by atoms with E-state index in [1.165, 1.54) is 5.56 Å². The first kappa shape index (κ1) is 14.6. The Morgan fingerprint density at radius 3 is 2.78 bits per heavy atom. The van der Waals surface area contributed by atoms with Gasteiger partial charge in [-0.2, -0.15) is 0 Å². The topological polar surface area (TPSA) is 35.5 Å². The van der Waals surface area contributed by atoms with Crippen LogP contribution < -0.4 is 4.74 Å². The van der Waals surface area contributed by atoms with E-state index < -0.39 is 6.10 Å². The second-order valence-corrected chi connectivity index (χ2v) is 4.03. The third-order valence-electron chi connectivity index (χ3n) is 2.54. The summed E-state index contributed by atoms with van der Waals surface area (Å²) in [5, 5.41) is 0. The minimum absolute atomic E-state index is 0.299. The third-order valence-corrected chi connectivity index (χ3v) is 2.54. The molecule has 0 aliphatic carbocycles. The van der Waals surface area contributed by atoms with Crippen LogP contribution >= 0.6 is 0 Å². The van der Waals surface area contributed by atoms with Gasteiger partial charge in [0.2, 0.25) is 0 Å². The summed E-state index contributed by atoms with van der Waals surface area (Å²) in [5.41, 5.74) is 1.17. The van der Waals surface area contributed by atoms with Gasteiger partial charge in [-0.25, -0.2) is 4.79 Å². The minimum Gasteiger partial charge on any atom is -0.479 e. The number of hydrogen-bond donors (Lipinski definition) is 0. The Labute approximate surface area is 110 Å². The predicted molar refractivity (Wildman–Crippen MR) is 73.1 cm³/mol. The van der Waals surface area contributed by atoms with Crippen LogP contribution in [0.4, 0.5) is 0 Å². The van der Waals surface area contributed by atoms with Crippen molar-refractivity contribution < 1.29 is 14.3 Å². The number of ether oxygens (including phenoxy) is 2. The molecule has 18 heavy (non-hydrogen) atoms. The lowest BCUT2D eigenvalue weighted by Gasteiger charge is -2.16. The maximum Gasteiger partial charge on any atom is 0.347 e. The molecule has 1 aromatic rings. The normalized spacial score (nSPS) is 11.7. The first-order valence-electron chi connectivity index (χ1n) is 6.41. The van der Waals surface area contributed by atoms with E-state index >= 15 is 0 Å². The van der Waals surface area contributed by atoms with Crippen molar-refractivity contribution in [2.75, 3.05) is 6.61 Å². The number of benzene rings is 1. The molecule has 97 valence electrons. The van der Waals surface area contributed by atoms with E-state index in [1.54, 1.807) is 6.92 Å². The fourth-order valence-electron chi connectivity index (χ4n) is 1.68. The predicted octanol–water partition coefficient (Wildman–Crippen LogP) is 2.66. The summed E-state index contributed by atoms with van der Waals surface area (Å²) < 4.78 is 10.7. The van der Waals surface area contributed by atoms with Gasteiger partial charge < -0.3 is 9.47 Å². The Morgan fingerprint density at radius 2 is 2.17 bits per heavy atom. The zero-order valence-electron chi connectivity index (χ0n) is 11.3. The fraction of sp³-hybridized carbons (Fsp3) is 0.500. The zero-order chi connectivity index (χ0) is 13.4. The van der Waals surface area contributed by atoms with E-state index in [1.807, 2.05) is 38.0 Å². The van der Waals surface area contributed by atoms with Gasteiger partial charge in [-0.1, -0.05) is 37.8 Å². The molecule has 0 unspecified atom stereocenters. The van der Waals surface area contributed by atoms with Gasteiger partial charge in [0.15, 0.2) is 6.10 Å². The van der Waals surface area contributed by atoms with E-state index in [9.17, 15) is 4.79 Å². The molecule has 0 aromatic heterocycles. The van der Waals surface area contributed by atoms with E-state index in [0.717, 1.165) is 6.32 Å². The van der Waals surface area contributed by atoms with Crippen molar-refractivity contribution >= 4 is 13.2 Å². The van der Waals surface area contributed by atoms with Crippen molar-refractivity contribution in [3.8, 4) is 5.75 Å². The van der Waals surface area contributed by atoms with Crippen LogP contribution in [-0.2, 0) is 15.9 Å². The van der Waals surface area contributed by atoms with E-state index in [4.69, 9.17) is 9.47 Å². The Morgan fingerprint density at radius 1 is 1.39 bits per heavy atom. The van der Waals surface area contributed by atoms with Crippen molar-refractivity contribution in [1.29, 1.82) is 0 Å². The quantitative estimate of drug-likeness (QED) is 0.548. The second kappa shape index (κ2) is 7.80. The highest BCUT2D eigenvalue weighted by atomic mass is 16.6. The van der Waals surface area contributed by atoms with Gasteiger partial charge in [0.1, 0.15) is 13.0 Å². The molecule has 1 rings (SSSR count). The highest BCUT2D eigenvalue weighted by molar-refractivity contribution is 6.32. The molecule has 0 spiro atoms. The Bertz CT molecular complexity index is 379. The summed E-state index contributed by atoms with van der Waals surface area (Å²) in [4.78, 5) is 11.6. The number of hydrogen-bond acceptors (Lipinski definition) is 3. The van der Waals surface area contributed by atoms with Crippen molar-refractivity contribution in [1.82, 2.24) is 0 Å². The zero-order valence-corrected chi connectivity index (χ0v) is 11.3. The molecule has 4 heteroatoms. The Balaban J connectivity index is 2.69. The van der Waals surface area contributed by atoms with Gasteiger partial charge in [-0.05, 0) is 25.5 Å². The SMILES string of the molecule is C[B]Cc1cccc(O[C@H](CC)C(=O)OCC)c1. The molecule has 1 radical (unpaired) electrons. The molecule has 0 amide bonds. The van der Waals surface area contributed by atoms with Gasteiger partial charge in [0.05, 0.1) is 6.61 Å². The van der Waals surface area contributed by atoms with Crippen LogP contribution in [0.2, 0.25) is 6.82 Å². The average molecular weight is 247 g/mol. The lowest BCUT2D eigenvalue weighted by molar-refractivity contribution is -0.151. The first-order chi connectivity index (χ1) is 8.71. The van der Waals surface area contributed by atoms with Gasteiger partial charge in [0, 0.05) is 0 Å². The van der Waals surface area contributed by atoms with Crippen LogP contribution in [0.1, 0.15) is 25.8 Å². The average Bonchev–Trinajstić information content (AvgIpc) is 2.37. The number of esters is 1. The molecule has 0 aliphatic rings. The highest BCUT2D eigenvalue weighted by Gasteiger charge is 2.19. The smallest absolute Gasteiger partial charge is 0.347 e. The molecule has 0 aliphatic heterocycles. The molecule has 0 saturated heterocycles. The van der Waals surface area contributed by atoms with E-state index in [-0.39, 0.29) is 5.97 Å². The molecule has 1 atom stereocenters. The maximum atomic E-state index is 11.6. The lowest BCUT2D eigenvalue weighted by atomic mass is 9.75. The van der Waals surface area contributed by atoms with E-state index in [0.29, 0.717) is 18.8 Å². The van der Waals surface area contributed by atoms with Gasteiger partial charge in [-0.3, -0.25) is 0 Å². The number of carbonyl (C=O) groups excluding carboxylic acids is 1. The number of rotatable bonds is 7. The molecule has 0 saturated carbocycles. The van der Waals surface area contributed by atoms with Crippen LogP contribution in [0, 0.1) is 0 Å². The molecule has 0 N–H and O–H groups in total. The largest absolute Gasteiger partial charge is 0.479 e.